The molecule has 1 aliphatic carbocycles. The summed E-state index contributed by atoms with van der Waals surface area (Å²) in [5.41, 5.74) is -0.336. The van der Waals surface area contributed by atoms with Gasteiger partial charge in [0.2, 0.25) is 5.91 Å². The molecule has 2 rings (SSSR count). The van der Waals surface area contributed by atoms with Crippen LogP contribution in [0.2, 0.25) is 0 Å². The van der Waals surface area contributed by atoms with Crippen molar-refractivity contribution < 1.29 is 14.7 Å². The maximum Gasteiger partial charge on any atom is 0.308 e. The van der Waals surface area contributed by atoms with Crippen molar-refractivity contribution in [1.82, 2.24) is 4.90 Å². The molecule has 1 saturated carbocycles. The van der Waals surface area contributed by atoms with Gasteiger partial charge in [0.1, 0.15) is 0 Å². The first-order chi connectivity index (χ1) is 8.93. The second-order valence-corrected chi connectivity index (χ2v) is 6.63. The van der Waals surface area contributed by atoms with Gasteiger partial charge in [0.15, 0.2) is 0 Å². The summed E-state index contributed by atoms with van der Waals surface area (Å²) in [5, 5.41) is 9.11. The summed E-state index contributed by atoms with van der Waals surface area (Å²) in [6.45, 7) is 5.19. The van der Waals surface area contributed by atoms with Crippen molar-refractivity contribution in [3.8, 4) is 0 Å². The number of nitrogens with zero attached hydrogens (tertiary/aromatic N) is 1. The first-order valence-corrected chi connectivity index (χ1v) is 7.45. The molecule has 0 bridgehead atoms. The van der Waals surface area contributed by atoms with Crippen molar-refractivity contribution in [2.75, 3.05) is 13.1 Å². The fourth-order valence-corrected chi connectivity index (χ4v) is 3.59. The number of amides is 1. The molecule has 0 aromatic heterocycles. The fourth-order valence-electron chi connectivity index (χ4n) is 3.59. The van der Waals surface area contributed by atoms with Crippen LogP contribution in [0, 0.1) is 17.3 Å². The Kier molecular flexibility index (Phi) is 4.16. The molecule has 1 amide bonds. The number of rotatable bonds is 3. The first-order valence-electron chi connectivity index (χ1n) is 7.45. The summed E-state index contributed by atoms with van der Waals surface area (Å²) in [6.07, 6.45) is 6.22. The number of piperidine rings is 1. The van der Waals surface area contributed by atoms with Crippen molar-refractivity contribution >= 4 is 11.9 Å². The van der Waals surface area contributed by atoms with E-state index in [1.165, 1.54) is 12.8 Å². The van der Waals surface area contributed by atoms with Crippen LogP contribution in [0.3, 0.4) is 0 Å². The lowest BCUT2D eigenvalue weighted by molar-refractivity contribution is -0.150. The van der Waals surface area contributed by atoms with Crippen LogP contribution in [-0.4, -0.2) is 35.0 Å². The molecule has 4 nitrogen and oxygen atoms in total. The van der Waals surface area contributed by atoms with Gasteiger partial charge in [0.25, 0.3) is 0 Å². The van der Waals surface area contributed by atoms with E-state index < -0.39 is 5.97 Å². The lowest BCUT2D eigenvalue weighted by Crippen LogP contribution is -2.49. The second kappa shape index (κ2) is 5.51. The van der Waals surface area contributed by atoms with Crippen molar-refractivity contribution in [2.24, 2.45) is 17.3 Å². The molecule has 108 valence electrons. The molecule has 1 saturated heterocycles. The minimum atomic E-state index is -0.767. The number of carbonyl (C=O) groups excluding carboxylic acids is 1. The van der Waals surface area contributed by atoms with Gasteiger partial charge in [-0.15, -0.1) is 0 Å². The Labute approximate surface area is 115 Å². The van der Waals surface area contributed by atoms with E-state index >= 15 is 0 Å². The van der Waals surface area contributed by atoms with Gasteiger partial charge >= 0.3 is 5.97 Å². The molecule has 19 heavy (non-hydrogen) atoms. The van der Waals surface area contributed by atoms with Gasteiger partial charge in [-0.1, -0.05) is 26.7 Å². The smallest absolute Gasteiger partial charge is 0.308 e. The molecule has 0 unspecified atom stereocenters. The zero-order chi connectivity index (χ0) is 14.0. The Morgan fingerprint density at radius 2 is 1.74 bits per heavy atom. The summed E-state index contributed by atoms with van der Waals surface area (Å²) >= 11 is 0. The van der Waals surface area contributed by atoms with Crippen molar-refractivity contribution in [3.63, 3.8) is 0 Å². The molecule has 2 aliphatic rings. The third-order valence-corrected chi connectivity index (χ3v) is 4.98. The Balaban J connectivity index is 2.03. The summed E-state index contributed by atoms with van der Waals surface area (Å²) < 4.78 is 0. The van der Waals surface area contributed by atoms with E-state index in [0.29, 0.717) is 18.9 Å². The van der Waals surface area contributed by atoms with Crippen molar-refractivity contribution in [3.05, 3.63) is 0 Å². The lowest BCUT2D eigenvalue weighted by atomic mass is 9.76. The van der Waals surface area contributed by atoms with Crippen molar-refractivity contribution in [1.29, 1.82) is 0 Å². The average Bonchev–Trinajstić information content (AvgIpc) is 2.92. The maximum absolute atomic E-state index is 12.7. The van der Waals surface area contributed by atoms with Gasteiger partial charge in [-0.25, -0.2) is 0 Å². The first kappa shape index (κ1) is 14.4. The maximum atomic E-state index is 12.7. The van der Waals surface area contributed by atoms with E-state index in [1.807, 2.05) is 13.8 Å². The van der Waals surface area contributed by atoms with Crippen LogP contribution in [0.1, 0.15) is 52.4 Å². The predicted octanol–water partition coefficient (Wildman–Crippen LogP) is 2.53. The van der Waals surface area contributed by atoms with E-state index in [9.17, 15) is 9.59 Å². The quantitative estimate of drug-likeness (QED) is 0.855. The van der Waals surface area contributed by atoms with E-state index in [0.717, 1.165) is 25.8 Å². The van der Waals surface area contributed by atoms with Crippen LogP contribution >= 0.6 is 0 Å². The highest BCUT2D eigenvalue weighted by atomic mass is 16.4. The zero-order valence-electron chi connectivity index (χ0n) is 12.0. The van der Waals surface area contributed by atoms with Crippen LogP contribution in [0.5, 0.6) is 0 Å². The molecule has 1 aliphatic heterocycles. The van der Waals surface area contributed by atoms with Gasteiger partial charge in [-0.05, 0) is 31.6 Å². The Bertz CT molecular complexity index is 358. The third-order valence-electron chi connectivity index (χ3n) is 4.98. The number of carboxylic acids is 1. The highest BCUT2D eigenvalue weighted by Crippen LogP contribution is 2.41. The summed E-state index contributed by atoms with van der Waals surface area (Å²) in [7, 11) is 0. The van der Waals surface area contributed by atoms with Gasteiger partial charge in [0.05, 0.1) is 5.92 Å². The molecule has 0 aromatic rings. The number of hydrogen-bond acceptors (Lipinski definition) is 2. The minimum Gasteiger partial charge on any atom is -0.481 e. The molecule has 2 fully saturated rings. The van der Waals surface area contributed by atoms with E-state index in [4.69, 9.17) is 5.11 Å². The predicted molar refractivity (Wildman–Crippen MR) is 72.7 cm³/mol. The number of carbonyl (C=O) groups is 2. The molecule has 0 radical (unpaired) electrons. The number of likely N-dealkylation sites (tertiary alicyclic amines) is 1. The van der Waals surface area contributed by atoms with Crippen LogP contribution in [0.25, 0.3) is 0 Å². The van der Waals surface area contributed by atoms with Crippen molar-refractivity contribution in [2.45, 2.75) is 52.4 Å². The summed E-state index contributed by atoms with van der Waals surface area (Å²) in [6, 6.07) is 0. The number of aliphatic carboxylic acids is 1. The molecular formula is C15H25NO3. The molecule has 1 atom stereocenters. The van der Waals surface area contributed by atoms with Gasteiger partial charge in [0, 0.05) is 18.5 Å². The third kappa shape index (κ3) is 2.93. The van der Waals surface area contributed by atoms with E-state index in [2.05, 4.69) is 0 Å². The lowest BCUT2D eigenvalue weighted by Gasteiger charge is -2.39. The standard InChI is InChI=1S/C15H25NO3/c1-15(2,12-7-3-4-8-12)14(19)16-9-5-6-11(10-16)13(17)18/h11-12H,3-10H2,1-2H3,(H,17,18)/t11-/m0/s1. The molecule has 4 heteroatoms. The minimum absolute atomic E-state index is 0.158. The topological polar surface area (TPSA) is 57.6 Å². The van der Waals surface area contributed by atoms with Crippen LogP contribution in [-0.2, 0) is 9.59 Å². The molecule has 0 aromatic carbocycles. The Hall–Kier alpha value is -1.06. The largest absolute Gasteiger partial charge is 0.481 e. The molecule has 1 heterocycles. The summed E-state index contributed by atoms with van der Waals surface area (Å²) in [4.78, 5) is 25.6. The fraction of sp³-hybridized carbons (Fsp3) is 0.867. The number of carboxylic acid groups (broad SMARTS) is 1. The Morgan fingerprint density at radius 1 is 1.11 bits per heavy atom. The molecular weight excluding hydrogens is 242 g/mol. The van der Waals surface area contributed by atoms with Gasteiger partial charge in [-0.3, -0.25) is 9.59 Å². The zero-order valence-corrected chi connectivity index (χ0v) is 12.0. The molecule has 1 N–H and O–H groups in total. The summed E-state index contributed by atoms with van der Waals surface area (Å²) in [5.74, 6) is -0.524. The average molecular weight is 267 g/mol. The normalized spacial score (nSPS) is 25.6. The van der Waals surface area contributed by atoms with Gasteiger partial charge < -0.3 is 10.0 Å². The van der Waals surface area contributed by atoms with Crippen LogP contribution in [0.15, 0.2) is 0 Å². The van der Waals surface area contributed by atoms with Gasteiger partial charge in [-0.2, -0.15) is 0 Å². The van der Waals surface area contributed by atoms with Crippen LogP contribution < -0.4 is 0 Å². The second-order valence-electron chi connectivity index (χ2n) is 6.63. The van der Waals surface area contributed by atoms with Crippen LogP contribution in [0.4, 0.5) is 0 Å². The molecule has 0 spiro atoms. The van der Waals surface area contributed by atoms with E-state index in [1.54, 1.807) is 4.90 Å². The number of hydrogen-bond donors (Lipinski definition) is 1. The SMILES string of the molecule is CC(C)(C(=O)N1CCC[C@H](C(=O)O)C1)C1CCCC1. The monoisotopic (exact) mass is 267 g/mol. The highest BCUT2D eigenvalue weighted by molar-refractivity contribution is 5.83. The van der Waals surface area contributed by atoms with E-state index in [-0.39, 0.29) is 17.2 Å². The highest BCUT2D eigenvalue weighted by Gasteiger charge is 2.42. The Morgan fingerprint density at radius 3 is 2.32 bits per heavy atom.